The lowest BCUT2D eigenvalue weighted by Gasteiger charge is -2.26. The van der Waals surface area contributed by atoms with Gasteiger partial charge >= 0.3 is 0 Å². The molecule has 1 heterocycles. The normalized spacial score (nSPS) is 15.5. The third kappa shape index (κ3) is 5.57. The smallest absolute Gasteiger partial charge is 0.293 e. The Morgan fingerprint density at radius 1 is 1.03 bits per heavy atom. The predicted octanol–water partition coefficient (Wildman–Crippen LogP) is 0.918. The zero-order valence-corrected chi connectivity index (χ0v) is 18.1. The molecule has 1 saturated heterocycles. The number of sulfonamides is 2. The fraction of sp³-hybridized carbons (Fsp3) is 0.333. The van der Waals surface area contributed by atoms with Gasteiger partial charge < -0.3 is 10.1 Å². The summed E-state index contributed by atoms with van der Waals surface area (Å²) in [6.07, 6.45) is 0.464. The molecule has 2 aromatic rings. The van der Waals surface area contributed by atoms with Crippen LogP contribution >= 0.6 is 0 Å². The first-order chi connectivity index (χ1) is 14.6. The average molecular weight is 471 g/mol. The van der Waals surface area contributed by atoms with Crippen molar-refractivity contribution in [1.82, 2.24) is 4.31 Å². The van der Waals surface area contributed by atoms with Crippen molar-refractivity contribution in [2.45, 2.75) is 16.2 Å². The lowest BCUT2D eigenvalue weighted by Crippen LogP contribution is -2.40. The highest BCUT2D eigenvalue weighted by Gasteiger charge is 2.26. The van der Waals surface area contributed by atoms with Crippen LogP contribution in [0.2, 0.25) is 0 Å². The summed E-state index contributed by atoms with van der Waals surface area (Å²) >= 11 is 0. The largest absolute Gasteiger partial charge is 0.379 e. The van der Waals surface area contributed by atoms with E-state index in [0.29, 0.717) is 39.3 Å². The molecule has 1 fully saturated rings. The highest BCUT2D eigenvalue weighted by molar-refractivity contribution is 7.89. The van der Waals surface area contributed by atoms with Crippen LogP contribution in [0, 0.1) is 10.1 Å². The topological polar surface area (TPSA) is 162 Å². The number of benzene rings is 2. The van der Waals surface area contributed by atoms with E-state index in [-0.39, 0.29) is 15.5 Å². The fourth-order valence-corrected chi connectivity index (χ4v) is 5.04. The Morgan fingerprint density at radius 3 is 2.23 bits per heavy atom. The first-order valence-corrected chi connectivity index (χ1v) is 12.3. The van der Waals surface area contributed by atoms with Crippen molar-refractivity contribution in [3.8, 4) is 0 Å². The maximum absolute atomic E-state index is 12.6. The molecule has 0 atom stereocenters. The first-order valence-electron chi connectivity index (χ1n) is 9.31. The van der Waals surface area contributed by atoms with Crippen LogP contribution < -0.4 is 10.5 Å². The maximum atomic E-state index is 12.6. The van der Waals surface area contributed by atoms with E-state index in [1.165, 1.54) is 28.6 Å². The van der Waals surface area contributed by atoms with Gasteiger partial charge in [-0.25, -0.2) is 22.0 Å². The third-order valence-corrected chi connectivity index (χ3v) is 7.58. The van der Waals surface area contributed by atoms with Crippen molar-refractivity contribution in [2.75, 3.05) is 38.2 Å². The molecule has 0 spiro atoms. The van der Waals surface area contributed by atoms with Crippen molar-refractivity contribution in [2.24, 2.45) is 5.14 Å². The van der Waals surface area contributed by atoms with Gasteiger partial charge in [0.05, 0.1) is 27.9 Å². The minimum absolute atomic E-state index is 0.156. The molecule has 3 N–H and O–H groups in total. The summed E-state index contributed by atoms with van der Waals surface area (Å²) in [5.41, 5.74) is 0.583. The second-order valence-corrected chi connectivity index (χ2v) is 10.3. The van der Waals surface area contributed by atoms with Crippen LogP contribution in [0.1, 0.15) is 5.56 Å². The number of nitro groups is 1. The standard InChI is InChI=1S/C18H22N4O7S2/c19-30(25,26)16-5-6-17(18(13-16)22(23)24)20-8-7-14-1-3-15(4-2-14)31(27,28)21-9-11-29-12-10-21/h1-6,13,20H,7-12H2,(H2,19,25,26). The molecular formula is C18H22N4O7S2. The molecular weight excluding hydrogens is 448 g/mol. The predicted molar refractivity (Wildman–Crippen MR) is 113 cm³/mol. The number of primary sulfonamides is 1. The lowest BCUT2D eigenvalue weighted by atomic mass is 10.1. The summed E-state index contributed by atoms with van der Waals surface area (Å²) in [5.74, 6) is 0. The second kappa shape index (κ2) is 9.28. The van der Waals surface area contributed by atoms with E-state index in [1.807, 2.05) is 0 Å². The van der Waals surface area contributed by atoms with Crippen LogP contribution in [0.25, 0.3) is 0 Å². The summed E-state index contributed by atoms with van der Waals surface area (Å²) in [7, 11) is -7.63. The summed E-state index contributed by atoms with van der Waals surface area (Å²) in [5, 5.41) is 19.2. The van der Waals surface area contributed by atoms with Gasteiger partial charge in [0.2, 0.25) is 20.0 Å². The van der Waals surface area contributed by atoms with E-state index in [2.05, 4.69) is 5.32 Å². The minimum Gasteiger partial charge on any atom is -0.379 e. The van der Waals surface area contributed by atoms with Crippen LogP contribution in [-0.4, -0.2) is 58.9 Å². The molecule has 0 amide bonds. The van der Waals surface area contributed by atoms with E-state index >= 15 is 0 Å². The molecule has 1 aliphatic rings. The molecule has 1 aliphatic heterocycles. The molecule has 0 bridgehead atoms. The molecule has 31 heavy (non-hydrogen) atoms. The number of morpholine rings is 1. The van der Waals surface area contributed by atoms with E-state index in [1.54, 1.807) is 12.1 Å². The van der Waals surface area contributed by atoms with Crippen LogP contribution in [0.5, 0.6) is 0 Å². The van der Waals surface area contributed by atoms with Crippen LogP contribution in [0.4, 0.5) is 11.4 Å². The molecule has 11 nitrogen and oxygen atoms in total. The zero-order chi connectivity index (χ0) is 22.6. The Labute approximate surface area is 180 Å². The highest BCUT2D eigenvalue weighted by Crippen LogP contribution is 2.27. The highest BCUT2D eigenvalue weighted by atomic mass is 32.2. The SMILES string of the molecule is NS(=O)(=O)c1ccc(NCCc2ccc(S(=O)(=O)N3CCOCC3)cc2)c([N+](=O)[O-])c1. The van der Waals surface area contributed by atoms with Crippen LogP contribution in [0.15, 0.2) is 52.3 Å². The van der Waals surface area contributed by atoms with E-state index in [0.717, 1.165) is 11.6 Å². The Kier molecular flexibility index (Phi) is 6.91. The number of ether oxygens (including phenoxy) is 1. The Balaban J connectivity index is 1.65. The summed E-state index contributed by atoms with van der Waals surface area (Å²) in [6.45, 7) is 1.68. The fourth-order valence-electron chi connectivity index (χ4n) is 3.09. The number of rotatable bonds is 8. The van der Waals surface area contributed by atoms with Gasteiger partial charge in [0, 0.05) is 25.7 Å². The van der Waals surface area contributed by atoms with Gasteiger partial charge in [0.25, 0.3) is 5.69 Å². The number of anilines is 1. The minimum atomic E-state index is -4.06. The molecule has 0 saturated carbocycles. The van der Waals surface area contributed by atoms with Crippen molar-refractivity contribution in [3.63, 3.8) is 0 Å². The van der Waals surface area contributed by atoms with E-state index < -0.39 is 30.7 Å². The van der Waals surface area contributed by atoms with Crippen molar-refractivity contribution in [1.29, 1.82) is 0 Å². The number of nitrogens with zero attached hydrogens (tertiary/aromatic N) is 2. The van der Waals surface area contributed by atoms with E-state index in [9.17, 15) is 26.9 Å². The zero-order valence-electron chi connectivity index (χ0n) is 16.4. The number of nitrogens with two attached hydrogens (primary N) is 1. The summed E-state index contributed by atoms with van der Waals surface area (Å²) in [6, 6.07) is 9.82. The number of hydrogen-bond acceptors (Lipinski definition) is 8. The van der Waals surface area contributed by atoms with Gasteiger partial charge in [-0.2, -0.15) is 4.31 Å². The van der Waals surface area contributed by atoms with Gasteiger partial charge in [-0.05, 0) is 36.2 Å². The molecule has 0 unspecified atom stereocenters. The maximum Gasteiger partial charge on any atom is 0.293 e. The van der Waals surface area contributed by atoms with Crippen molar-refractivity contribution >= 4 is 31.4 Å². The molecule has 13 heteroatoms. The van der Waals surface area contributed by atoms with Crippen LogP contribution in [-0.2, 0) is 31.2 Å². The average Bonchev–Trinajstić information content (AvgIpc) is 2.74. The monoisotopic (exact) mass is 470 g/mol. The lowest BCUT2D eigenvalue weighted by molar-refractivity contribution is -0.384. The second-order valence-electron chi connectivity index (χ2n) is 6.82. The van der Waals surface area contributed by atoms with Gasteiger partial charge in [-0.1, -0.05) is 12.1 Å². The van der Waals surface area contributed by atoms with E-state index in [4.69, 9.17) is 9.88 Å². The number of hydrogen-bond donors (Lipinski definition) is 2. The number of nitrogens with one attached hydrogen (secondary N) is 1. The van der Waals surface area contributed by atoms with Gasteiger partial charge in [-0.3, -0.25) is 10.1 Å². The summed E-state index contributed by atoms with van der Waals surface area (Å²) < 4.78 is 54.7. The third-order valence-electron chi connectivity index (χ3n) is 4.75. The molecule has 0 aliphatic carbocycles. The molecule has 168 valence electrons. The van der Waals surface area contributed by atoms with Gasteiger partial charge in [0.1, 0.15) is 5.69 Å². The van der Waals surface area contributed by atoms with Crippen molar-refractivity contribution < 1.29 is 26.5 Å². The quantitative estimate of drug-likeness (QED) is 0.425. The Morgan fingerprint density at radius 2 is 1.65 bits per heavy atom. The first kappa shape index (κ1) is 23.1. The van der Waals surface area contributed by atoms with Gasteiger partial charge in [0.15, 0.2) is 0 Å². The Bertz CT molecular complexity index is 1160. The van der Waals surface area contributed by atoms with Crippen molar-refractivity contribution in [3.05, 3.63) is 58.1 Å². The molecule has 3 rings (SSSR count). The number of nitro benzene ring substituents is 1. The summed E-state index contributed by atoms with van der Waals surface area (Å²) in [4.78, 5) is 10.4. The molecule has 2 aromatic carbocycles. The Hall–Kier alpha value is -2.58. The molecule has 0 radical (unpaired) electrons. The molecule has 0 aromatic heterocycles. The van der Waals surface area contributed by atoms with Crippen LogP contribution in [0.3, 0.4) is 0 Å². The van der Waals surface area contributed by atoms with Gasteiger partial charge in [-0.15, -0.1) is 0 Å².